The highest BCUT2D eigenvalue weighted by Crippen LogP contribution is 2.39. The number of ether oxygens (including phenoxy) is 1. The van der Waals surface area contributed by atoms with E-state index >= 15 is 0 Å². The van der Waals surface area contributed by atoms with Crippen LogP contribution in [0.2, 0.25) is 0 Å². The second-order valence-electron chi connectivity index (χ2n) is 6.05. The zero-order chi connectivity index (χ0) is 15.6. The number of carbonyl (C=O) groups excluding carboxylic acids is 2. The minimum absolute atomic E-state index is 0.154. The molecule has 3 rings (SSSR count). The summed E-state index contributed by atoms with van der Waals surface area (Å²) in [4.78, 5) is 26.3. The van der Waals surface area contributed by atoms with Gasteiger partial charge in [0.25, 0.3) is 0 Å². The second kappa shape index (κ2) is 6.41. The number of hydrogen-bond acceptors (Lipinski definition) is 3. The Morgan fingerprint density at radius 1 is 1.27 bits per heavy atom. The van der Waals surface area contributed by atoms with Crippen molar-refractivity contribution in [1.82, 2.24) is 4.90 Å². The summed E-state index contributed by atoms with van der Waals surface area (Å²) in [5.41, 5.74) is 0.265. The number of benzene rings is 1. The van der Waals surface area contributed by atoms with Crippen molar-refractivity contribution in [3.05, 3.63) is 29.8 Å². The summed E-state index contributed by atoms with van der Waals surface area (Å²) in [7, 11) is 0. The molecule has 0 saturated carbocycles. The number of halogens is 1. The number of para-hydroxylation sites is 1. The Hall–Kier alpha value is -1.36. The second-order valence-corrected chi connectivity index (χ2v) is 6.85. The SMILES string of the molecule is O=C1CC2(CCN(C(=O)CCCBr)CC2)Oc2ccccc21. The van der Waals surface area contributed by atoms with E-state index in [4.69, 9.17) is 4.74 Å². The van der Waals surface area contributed by atoms with Gasteiger partial charge in [0, 0.05) is 37.7 Å². The zero-order valence-corrected chi connectivity index (χ0v) is 14.1. The summed E-state index contributed by atoms with van der Waals surface area (Å²) >= 11 is 3.35. The van der Waals surface area contributed by atoms with E-state index in [9.17, 15) is 9.59 Å². The van der Waals surface area contributed by atoms with E-state index in [1.165, 1.54) is 0 Å². The van der Waals surface area contributed by atoms with Gasteiger partial charge in [-0.2, -0.15) is 0 Å². The molecule has 0 radical (unpaired) electrons. The Morgan fingerprint density at radius 3 is 2.73 bits per heavy atom. The van der Waals surface area contributed by atoms with Crippen LogP contribution in [0.15, 0.2) is 24.3 Å². The van der Waals surface area contributed by atoms with Crippen LogP contribution >= 0.6 is 15.9 Å². The maximum absolute atomic E-state index is 12.3. The van der Waals surface area contributed by atoms with Gasteiger partial charge in [-0.05, 0) is 18.6 Å². The topological polar surface area (TPSA) is 46.6 Å². The number of Topliss-reactive ketones (excluding diaryl/α,β-unsaturated/α-hetero) is 1. The third-order valence-corrected chi connectivity index (χ3v) is 5.11. The third kappa shape index (κ3) is 3.05. The van der Waals surface area contributed by atoms with Gasteiger partial charge in [-0.1, -0.05) is 28.1 Å². The van der Waals surface area contributed by atoms with Crippen LogP contribution in [-0.4, -0.2) is 40.6 Å². The highest BCUT2D eigenvalue weighted by atomic mass is 79.9. The van der Waals surface area contributed by atoms with Gasteiger partial charge in [-0.15, -0.1) is 0 Å². The molecule has 0 N–H and O–H groups in total. The van der Waals surface area contributed by atoms with Crippen LogP contribution in [0.25, 0.3) is 0 Å². The average Bonchev–Trinajstić information content (AvgIpc) is 2.53. The van der Waals surface area contributed by atoms with E-state index in [1.54, 1.807) is 0 Å². The Labute approximate surface area is 138 Å². The van der Waals surface area contributed by atoms with Crippen LogP contribution in [0, 0.1) is 0 Å². The number of piperidine rings is 1. The molecule has 2 heterocycles. The first-order valence-corrected chi connectivity index (χ1v) is 8.91. The molecule has 1 spiro atoms. The molecule has 118 valence electrons. The largest absolute Gasteiger partial charge is 0.486 e. The lowest BCUT2D eigenvalue weighted by Gasteiger charge is -2.44. The number of carbonyl (C=O) groups is 2. The van der Waals surface area contributed by atoms with Gasteiger partial charge in [0.1, 0.15) is 11.4 Å². The molecule has 2 aliphatic rings. The molecule has 0 aliphatic carbocycles. The lowest BCUT2D eigenvalue weighted by Crippen LogP contribution is -2.52. The van der Waals surface area contributed by atoms with Gasteiger partial charge < -0.3 is 9.64 Å². The number of fused-ring (bicyclic) bond motifs is 1. The number of rotatable bonds is 3. The first-order valence-electron chi connectivity index (χ1n) is 7.78. The zero-order valence-electron chi connectivity index (χ0n) is 12.5. The summed E-state index contributed by atoms with van der Waals surface area (Å²) in [6.07, 6.45) is 3.33. The van der Waals surface area contributed by atoms with Crippen LogP contribution < -0.4 is 4.74 Å². The van der Waals surface area contributed by atoms with Crippen LogP contribution in [0.5, 0.6) is 5.75 Å². The fourth-order valence-corrected chi connectivity index (χ4v) is 3.54. The molecule has 0 aromatic heterocycles. The standard InChI is InChI=1S/C17H20BrNO3/c18-9-3-6-16(21)19-10-7-17(8-11-19)12-14(20)13-4-1-2-5-15(13)22-17/h1-2,4-5H,3,6-12H2. The van der Waals surface area contributed by atoms with E-state index in [1.807, 2.05) is 29.2 Å². The fraction of sp³-hybridized carbons (Fsp3) is 0.529. The number of ketones is 1. The predicted molar refractivity (Wildman–Crippen MR) is 87.6 cm³/mol. The minimum atomic E-state index is -0.419. The van der Waals surface area contributed by atoms with Gasteiger partial charge in [0.05, 0.1) is 12.0 Å². The molecule has 1 saturated heterocycles. The Kier molecular flexibility index (Phi) is 4.52. The molecule has 0 bridgehead atoms. The number of alkyl halides is 1. The molecule has 2 aliphatic heterocycles. The highest BCUT2D eigenvalue weighted by molar-refractivity contribution is 9.09. The van der Waals surface area contributed by atoms with E-state index in [-0.39, 0.29) is 11.7 Å². The monoisotopic (exact) mass is 365 g/mol. The average molecular weight is 366 g/mol. The third-order valence-electron chi connectivity index (χ3n) is 4.55. The lowest BCUT2D eigenvalue weighted by molar-refractivity contribution is -0.134. The molecule has 22 heavy (non-hydrogen) atoms. The summed E-state index contributed by atoms with van der Waals surface area (Å²) in [5, 5.41) is 0.852. The number of amides is 1. The van der Waals surface area contributed by atoms with Crippen LogP contribution in [0.4, 0.5) is 0 Å². The first-order chi connectivity index (χ1) is 10.6. The summed E-state index contributed by atoms with van der Waals surface area (Å²) < 4.78 is 6.17. The molecule has 0 atom stereocenters. The van der Waals surface area contributed by atoms with Crippen molar-refractivity contribution in [3.63, 3.8) is 0 Å². The molecule has 0 unspecified atom stereocenters. The van der Waals surface area contributed by atoms with Crippen molar-refractivity contribution >= 4 is 27.6 Å². The summed E-state index contributed by atoms with van der Waals surface area (Å²) in [6, 6.07) is 7.44. The normalized spacial score (nSPS) is 19.7. The quantitative estimate of drug-likeness (QED) is 0.772. The molecular formula is C17H20BrNO3. The van der Waals surface area contributed by atoms with Gasteiger partial charge in [-0.3, -0.25) is 9.59 Å². The van der Waals surface area contributed by atoms with Crippen molar-refractivity contribution < 1.29 is 14.3 Å². The summed E-state index contributed by atoms with van der Waals surface area (Å²) in [6.45, 7) is 1.35. The van der Waals surface area contributed by atoms with Gasteiger partial charge in [-0.25, -0.2) is 0 Å². The van der Waals surface area contributed by atoms with Crippen molar-refractivity contribution in [2.75, 3.05) is 18.4 Å². The van der Waals surface area contributed by atoms with Gasteiger partial charge >= 0.3 is 0 Å². The Balaban J connectivity index is 1.66. The van der Waals surface area contributed by atoms with Crippen molar-refractivity contribution in [3.8, 4) is 5.75 Å². The van der Waals surface area contributed by atoms with Crippen molar-refractivity contribution in [2.45, 2.75) is 37.7 Å². The van der Waals surface area contributed by atoms with Crippen molar-refractivity contribution in [1.29, 1.82) is 0 Å². The molecule has 1 aromatic rings. The molecule has 1 amide bonds. The van der Waals surface area contributed by atoms with Gasteiger partial charge in [0.2, 0.25) is 5.91 Å². The molecule has 1 aromatic carbocycles. The molecule has 1 fully saturated rings. The van der Waals surface area contributed by atoms with Crippen LogP contribution in [0.3, 0.4) is 0 Å². The van der Waals surface area contributed by atoms with Crippen LogP contribution in [-0.2, 0) is 4.79 Å². The summed E-state index contributed by atoms with van der Waals surface area (Å²) in [5.74, 6) is 1.05. The highest BCUT2D eigenvalue weighted by Gasteiger charge is 2.43. The number of nitrogens with zero attached hydrogens (tertiary/aromatic N) is 1. The Morgan fingerprint density at radius 2 is 2.00 bits per heavy atom. The Bertz CT molecular complexity index is 579. The predicted octanol–water partition coefficient (Wildman–Crippen LogP) is 3.19. The molecule has 5 heteroatoms. The smallest absolute Gasteiger partial charge is 0.222 e. The number of likely N-dealkylation sites (tertiary alicyclic amines) is 1. The van der Waals surface area contributed by atoms with Gasteiger partial charge in [0.15, 0.2) is 5.78 Å². The van der Waals surface area contributed by atoms with Crippen molar-refractivity contribution in [2.24, 2.45) is 0 Å². The fourth-order valence-electron chi connectivity index (χ4n) is 3.26. The van der Waals surface area contributed by atoms with E-state index < -0.39 is 5.60 Å². The van der Waals surface area contributed by atoms with E-state index in [2.05, 4.69) is 15.9 Å². The minimum Gasteiger partial charge on any atom is -0.486 e. The lowest BCUT2D eigenvalue weighted by atomic mass is 9.82. The van der Waals surface area contributed by atoms with E-state index in [0.29, 0.717) is 37.2 Å². The first kappa shape index (κ1) is 15.5. The maximum Gasteiger partial charge on any atom is 0.222 e. The van der Waals surface area contributed by atoms with Crippen LogP contribution in [0.1, 0.15) is 42.5 Å². The molecular weight excluding hydrogens is 346 g/mol. The molecule has 4 nitrogen and oxygen atoms in total. The van der Waals surface area contributed by atoms with E-state index in [0.717, 1.165) is 24.6 Å². The maximum atomic E-state index is 12.3. The number of hydrogen-bond donors (Lipinski definition) is 0.